The van der Waals surface area contributed by atoms with Crippen molar-refractivity contribution in [3.05, 3.63) is 105 Å². The highest BCUT2D eigenvalue weighted by Gasteiger charge is 2.11. The average molecular weight is 444 g/mol. The van der Waals surface area contributed by atoms with Gasteiger partial charge < -0.3 is 9.47 Å². The van der Waals surface area contributed by atoms with Crippen molar-refractivity contribution >= 4 is 29.4 Å². The molecule has 7 nitrogen and oxygen atoms in total. The summed E-state index contributed by atoms with van der Waals surface area (Å²) in [4.78, 5) is 22.4. The lowest BCUT2D eigenvalue weighted by Crippen LogP contribution is -2.05. The molecule has 0 heterocycles. The Bertz CT molecular complexity index is 1290. The van der Waals surface area contributed by atoms with Gasteiger partial charge >= 0.3 is 5.97 Å². The summed E-state index contributed by atoms with van der Waals surface area (Å²) < 4.78 is 24.6. The van der Waals surface area contributed by atoms with Gasteiger partial charge in [0.1, 0.15) is 5.82 Å². The van der Waals surface area contributed by atoms with Crippen molar-refractivity contribution in [1.29, 1.82) is 5.26 Å². The van der Waals surface area contributed by atoms with E-state index in [2.05, 4.69) is 0 Å². The Hall–Kier alpha value is -4.77. The summed E-state index contributed by atoms with van der Waals surface area (Å²) in [5.41, 5.74) is 1.38. The van der Waals surface area contributed by atoms with E-state index in [-0.39, 0.29) is 28.3 Å². The van der Waals surface area contributed by atoms with Crippen molar-refractivity contribution in [2.75, 3.05) is 7.11 Å². The lowest BCUT2D eigenvalue weighted by Gasteiger charge is -2.09. The number of allylic oxidation sites excluding steroid dienone is 1. The number of ether oxygens (including phenoxy) is 2. The van der Waals surface area contributed by atoms with Gasteiger partial charge in [0.2, 0.25) is 0 Å². The molecule has 0 amide bonds. The number of non-ortho nitro benzene ring substituents is 1. The lowest BCUT2D eigenvalue weighted by molar-refractivity contribution is -0.384. The highest BCUT2D eigenvalue weighted by atomic mass is 19.1. The van der Waals surface area contributed by atoms with E-state index in [0.717, 1.165) is 0 Å². The highest BCUT2D eigenvalue weighted by Crippen LogP contribution is 2.30. The molecule has 33 heavy (non-hydrogen) atoms. The molecular weight excluding hydrogens is 427 g/mol. The number of hydrogen-bond acceptors (Lipinski definition) is 6. The Labute approximate surface area is 188 Å². The maximum Gasteiger partial charge on any atom is 0.336 e. The van der Waals surface area contributed by atoms with E-state index in [9.17, 15) is 24.6 Å². The molecule has 0 saturated heterocycles. The predicted octanol–water partition coefficient (Wildman–Crippen LogP) is 5.43. The van der Waals surface area contributed by atoms with Gasteiger partial charge in [-0.1, -0.05) is 24.3 Å². The molecule has 0 aliphatic rings. The molecule has 3 rings (SSSR count). The third kappa shape index (κ3) is 5.89. The van der Waals surface area contributed by atoms with E-state index in [0.29, 0.717) is 11.1 Å². The Morgan fingerprint density at radius 1 is 1.06 bits per heavy atom. The number of nitro groups is 1. The van der Waals surface area contributed by atoms with Crippen LogP contribution >= 0.6 is 0 Å². The lowest BCUT2D eigenvalue weighted by atomic mass is 10.0. The number of benzene rings is 3. The maximum atomic E-state index is 14.0. The normalized spacial score (nSPS) is 11.1. The fourth-order valence-corrected chi connectivity index (χ4v) is 2.89. The molecular formula is C25H17FN2O5. The summed E-state index contributed by atoms with van der Waals surface area (Å²) in [7, 11) is 1.40. The minimum absolute atomic E-state index is 0.0526. The van der Waals surface area contributed by atoms with E-state index < -0.39 is 16.7 Å². The van der Waals surface area contributed by atoms with Gasteiger partial charge in [0.15, 0.2) is 11.5 Å². The van der Waals surface area contributed by atoms with E-state index in [1.807, 2.05) is 6.07 Å². The van der Waals surface area contributed by atoms with E-state index >= 15 is 0 Å². The van der Waals surface area contributed by atoms with Gasteiger partial charge in [-0.25, -0.2) is 9.18 Å². The van der Waals surface area contributed by atoms with Crippen LogP contribution in [0.1, 0.15) is 16.7 Å². The first-order chi connectivity index (χ1) is 15.9. The number of carbonyl (C=O) groups is 1. The van der Waals surface area contributed by atoms with E-state index in [4.69, 9.17) is 9.47 Å². The van der Waals surface area contributed by atoms with Crippen LogP contribution in [-0.4, -0.2) is 18.0 Å². The van der Waals surface area contributed by atoms with Gasteiger partial charge in [0.05, 0.1) is 23.7 Å². The second-order valence-corrected chi connectivity index (χ2v) is 6.66. The molecule has 0 radical (unpaired) electrons. The molecule has 0 N–H and O–H groups in total. The van der Waals surface area contributed by atoms with Crippen LogP contribution < -0.4 is 9.47 Å². The van der Waals surface area contributed by atoms with Gasteiger partial charge in [0.25, 0.3) is 5.69 Å². The Balaban J connectivity index is 1.77. The minimum Gasteiger partial charge on any atom is -0.493 e. The van der Waals surface area contributed by atoms with Crippen LogP contribution in [0.25, 0.3) is 17.7 Å². The summed E-state index contributed by atoms with van der Waals surface area (Å²) in [6, 6.07) is 18.3. The number of hydrogen-bond donors (Lipinski definition) is 0. The first-order valence-electron chi connectivity index (χ1n) is 9.60. The van der Waals surface area contributed by atoms with Gasteiger partial charge in [0, 0.05) is 23.8 Å². The molecule has 0 saturated carbocycles. The zero-order valence-corrected chi connectivity index (χ0v) is 17.4. The van der Waals surface area contributed by atoms with Crippen LogP contribution in [0.2, 0.25) is 0 Å². The van der Waals surface area contributed by atoms with Crippen molar-refractivity contribution in [3.8, 4) is 17.6 Å². The fraction of sp³-hybridized carbons (Fsp3) is 0.0400. The Kier molecular flexibility index (Phi) is 7.29. The molecule has 0 aromatic heterocycles. The molecule has 3 aromatic rings. The van der Waals surface area contributed by atoms with Crippen molar-refractivity contribution in [3.63, 3.8) is 0 Å². The smallest absolute Gasteiger partial charge is 0.336 e. The summed E-state index contributed by atoms with van der Waals surface area (Å²) in [5, 5.41) is 20.1. The molecule has 3 aromatic carbocycles. The third-order valence-electron chi connectivity index (χ3n) is 4.51. The van der Waals surface area contributed by atoms with Crippen LogP contribution in [0.5, 0.6) is 11.5 Å². The number of esters is 1. The summed E-state index contributed by atoms with van der Waals surface area (Å²) in [6.07, 6.45) is 4.14. The Morgan fingerprint density at radius 3 is 2.39 bits per heavy atom. The Morgan fingerprint density at radius 2 is 1.76 bits per heavy atom. The molecule has 8 heteroatoms. The molecule has 0 aliphatic heterocycles. The topological polar surface area (TPSA) is 102 Å². The molecule has 0 spiro atoms. The first-order valence-corrected chi connectivity index (χ1v) is 9.60. The van der Waals surface area contributed by atoms with Crippen LogP contribution in [0.4, 0.5) is 10.1 Å². The fourth-order valence-electron chi connectivity index (χ4n) is 2.89. The SMILES string of the molecule is COc1cc(/C=C(/C#N)c2ccccc2F)ccc1OC(=O)/C=C/c1ccc([N+](=O)[O-])cc1. The van der Waals surface area contributed by atoms with Gasteiger partial charge in [-0.15, -0.1) is 0 Å². The molecule has 0 aliphatic carbocycles. The van der Waals surface area contributed by atoms with Crippen LogP contribution in [0.15, 0.2) is 72.8 Å². The molecule has 0 unspecified atom stereocenters. The second kappa shape index (κ2) is 10.5. The number of rotatable bonds is 7. The standard InChI is InChI=1S/C25H17FN2O5/c1-32-24-15-18(14-19(16-27)21-4-2-3-5-22(21)26)8-12-23(24)33-25(29)13-9-17-6-10-20(11-7-17)28(30)31/h2-15H,1H3/b13-9+,19-14-. The number of nitriles is 1. The van der Waals surface area contributed by atoms with Crippen molar-refractivity contribution in [2.45, 2.75) is 0 Å². The first kappa shape index (κ1) is 22.9. The minimum atomic E-state index is -0.681. The zero-order valence-electron chi connectivity index (χ0n) is 17.4. The second-order valence-electron chi connectivity index (χ2n) is 6.66. The quantitative estimate of drug-likeness (QED) is 0.0916. The van der Waals surface area contributed by atoms with Gasteiger partial charge in [-0.2, -0.15) is 5.26 Å². The molecule has 0 fully saturated rings. The van der Waals surface area contributed by atoms with Crippen LogP contribution in [-0.2, 0) is 4.79 Å². The van der Waals surface area contributed by atoms with Crippen molar-refractivity contribution < 1.29 is 23.6 Å². The zero-order chi connectivity index (χ0) is 23.8. The predicted molar refractivity (Wildman–Crippen MR) is 121 cm³/mol. The molecule has 0 atom stereocenters. The van der Waals surface area contributed by atoms with E-state index in [1.54, 1.807) is 18.2 Å². The number of halogens is 1. The number of methoxy groups -OCH3 is 1. The van der Waals surface area contributed by atoms with Gasteiger partial charge in [-0.3, -0.25) is 10.1 Å². The van der Waals surface area contributed by atoms with Crippen LogP contribution in [0.3, 0.4) is 0 Å². The summed E-state index contributed by atoms with van der Waals surface area (Å²) >= 11 is 0. The molecule has 164 valence electrons. The van der Waals surface area contributed by atoms with Crippen molar-refractivity contribution in [2.24, 2.45) is 0 Å². The van der Waals surface area contributed by atoms with Crippen LogP contribution in [0, 0.1) is 27.3 Å². The number of nitro benzene ring substituents is 1. The monoisotopic (exact) mass is 444 g/mol. The largest absolute Gasteiger partial charge is 0.493 e. The highest BCUT2D eigenvalue weighted by molar-refractivity contribution is 5.91. The number of nitrogens with zero attached hydrogens (tertiary/aromatic N) is 2. The third-order valence-corrected chi connectivity index (χ3v) is 4.51. The van der Waals surface area contributed by atoms with Crippen molar-refractivity contribution in [1.82, 2.24) is 0 Å². The number of carbonyl (C=O) groups excluding carboxylic acids is 1. The van der Waals surface area contributed by atoms with E-state index in [1.165, 1.54) is 73.9 Å². The average Bonchev–Trinajstić information content (AvgIpc) is 2.82. The molecule has 0 bridgehead atoms. The maximum absolute atomic E-state index is 14.0. The summed E-state index contributed by atoms with van der Waals surface area (Å²) in [5.74, 6) is -0.800. The van der Waals surface area contributed by atoms with Gasteiger partial charge in [-0.05, 0) is 53.6 Å². The summed E-state index contributed by atoms with van der Waals surface area (Å²) in [6.45, 7) is 0.